The van der Waals surface area contributed by atoms with Crippen molar-refractivity contribution < 1.29 is 4.74 Å². The molecule has 0 unspecified atom stereocenters. The number of ether oxygens (including phenoxy) is 1. The molecule has 20 heavy (non-hydrogen) atoms. The summed E-state index contributed by atoms with van der Waals surface area (Å²) in [7, 11) is 0. The van der Waals surface area contributed by atoms with Crippen LogP contribution in [0.5, 0.6) is 0 Å². The highest BCUT2D eigenvalue weighted by Gasteiger charge is 2.28. The third-order valence-electron chi connectivity index (χ3n) is 3.40. The van der Waals surface area contributed by atoms with Gasteiger partial charge in [-0.25, -0.2) is 4.98 Å². The maximum Gasteiger partial charge on any atom is 0.133 e. The highest BCUT2D eigenvalue weighted by atomic mass is 16.5. The quantitative estimate of drug-likeness (QED) is 0.921. The normalized spacial score (nSPS) is 19.1. The van der Waals surface area contributed by atoms with Crippen molar-refractivity contribution in [2.45, 2.75) is 52.3 Å². The van der Waals surface area contributed by atoms with Crippen molar-refractivity contribution in [3.05, 3.63) is 23.9 Å². The lowest BCUT2D eigenvalue weighted by molar-refractivity contribution is -0.0279. The van der Waals surface area contributed by atoms with Crippen LogP contribution in [0.4, 0.5) is 5.82 Å². The number of nitrogens with one attached hydrogen (secondary N) is 1. The third-order valence-corrected chi connectivity index (χ3v) is 3.40. The Kier molecular flexibility index (Phi) is 4.35. The summed E-state index contributed by atoms with van der Waals surface area (Å²) in [6.45, 7) is 14.2. The van der Waals surface area contributed by atoms with E-state index in [1.807, 2.05) is 12.3 Å². The first-order valence-corrected chi connectivity index (χ1v) is 7.35. The molecule has 0 aliphatic carbocycles. The van der Waals surface area contributed by atoms with Gasteiger partial charge in [-0.05, 0) is 40.7 Å². The number of pyridine rings is 1. The first-order valence-electron chi connectivity index (χ1n) is 7.35. The van der Waals surface area contributed by atoms with Gasteiger partial charge < -0.3 is 15.0 Å². The Morgan fingerprint density at radius 1 is 1.40 bits per heavy atom. The van der Waals surface area contributed by atoms with Crippen LogP contribution in [-0.4, -0.2) is 35.8 Å². The van der Waals surface area contributed by atoms with Crippen LogP contribution in [0.15, 0.2) is 18.3 Å². The van der Waals surface area contributed by atoms with E-state index >= 15 is 0 Å². The molecule has 0 radical (unpaired) electrons. The molecule has 0 saturated carbocycles. The highest BCUT2D eigenvalue weighted by molar-refractivity contribution is 5.47. The van der Waals surface area contributed by atoms with E-state index in [9.17, 15) is 0 Å². The van der Waals surface area contributed by atoms with Crippen LogP contribution in [0, 0.1) is 0 Å². The number of anilines is 1. The minimum Gasteiger partial charge on any atom is -0.372 e. The van der Waals surface area contributed by atoms with Crippen LogP contribution in [0.3, 0.4) is 0 Å². The standard InChI is InChI=1S/C16H27N3O/c1-15(2,3)18-11-13-7-6-8-17-14(13)19-9-10-20-16(4,5)12-19/h6-8,18H,9-12H2,1-5H3. The summed E-state index contributed by atoms with van der Waals surface area (Å²) in [5.74, 6) is 1.08. The van der Waals surface area contributed by atoms with Gasteiger partial charge in [-0.15, -0.1) is 0 Å². The van der Waals surface area contributed by atoms with Gasteiger partial charge in [-0.2, -0.15) is 0 Å². The fraction of sp³-hybridized carbons (Fsp3) is 0.688. The first kappa shape index (κ1) is 15.3. The van der Waals surface area contributed by atoms with Gasteiger partial charge in [-0.3, -0.25) is 0 Å². The Morgan fingerprint density at radius 3 is 2.80 bits per heavy atom. The summed E-state index contributed by atoms with van der Waals surface area (Å²) in [5, 5.41) is 3.54. The average Bonchev–Trinajstić information content (AvgIpc) is 2.34. The molecule has 1 fully saturated rings. The number of hydrogen-bond donors (Lipinski definition) is 1. The van der Waals surface area contributed by atoms with E-state index in [4.69, 9.17) is 4.74 Å². The Hall–Kier alpha value is -1.13. The zero-order valence-corrected chi connectivity index (χ0v) is 13.4. The van der Waals surface area contributed by atoms with Crippen molar-refractivity contribution in [3.63, 3.8) is 0 Å². The lowest BCUT2D eigenvalue weighted by Crippen LogP contribution is -2.49. The van der Waals surface area contributed by atoms with Crippen LogP contribution >= 0.6 is 0 Å². The lowest BCUT2D eigenvalue weighted by Gasteiger charge is -2.39. The van der Waals surface area contributed by atoms with E-state index in [2.05, 4.69) is 55.9 Å². The van der Waals surface area contributed by atoms with Crippen molar-refractivity contribution in [3.8, 4) is 0 Å². The molecular formula is C16H27N3O. The second-order valence-electron chi connectivity index (χ2n) is 7.12. The summed E-state index contributed by atoms with van der Waals surface area (Å²) < 4.78 is 5.79. The van der Waals surface area contributed by atoms with Gasteiger partial charge in [0, 0.05) is 36.9 Å². The molecule has 1 saturated heterocycles. The SMILES string of the molecule is CC(C)(C)NCc1cccnc1N1CCOC(C)(C)C1. The summed E-state index contributed by atoms with van der Waals surface area (Å²) in [5.41, 5.74) is 1.25. The number of hydrogen-bond acceptors (Lipinski definition) is 4. The number of nitrogens with zero attached hydrogens (tertiary/aromatic N) is 2. The predicted molar refractivity (Wildman–Crippen MR) is 83.1 cm³/mol. The second kappa shape index (κ2) is 5.70. The number of rotatable bonds is 3. The van der Waals surface area contributed by atoms with Crippen molar-refractivity contribution in [2.24, 2.45) is 0 Å². The van der Waals surface area contributed by atoms with Gasteiger partial charge in [0.1, 0.15) is 5.82 Å². The second-order valence-corrected chi connectivity index (χ2v) is 7.12. The molecule has 0 amide bonds. The number of morpholine rings is 1. The molecule has 1 N–H and O–H groups in total. The summed E-state index contributed by atoms with van der Waals surface area (Å²) >= 11 is 0. The largest absolute Gasteiger partial charge is 0.372 e. The Balaban J connectivity index is 2.15. The molecule has 112 valence electrons. The van der Waals surface area contributed by atoms with Crippen LogP contribution < -0.4 is 10.2 Å². The van der Waals surface area contributed by atoms with Gasteiger partial charge in [0.05, 0.1) is 12.2 Å². The van der Waals surface area contributed by atoms with E-state index in [1.165, 1.54) is 5.56 Å². The molecular weight excluding hydrogens is 250 g/mol. The van der Waals surface area contributed by atoms with Gasteiger partial charge in [0.15, 0.2) is 0 Å². The molecule has 0 atom stereocenters. The summed E-state index contributed by atoms with van der Waals surface area (Å²) in [4.78, 5) is 6.94. The van der Waals surface area contributed by atoms with Gasteiger partial charge >= 0.3 is 0 Å². The van der Waals surface area contributed by atoms with E-state index in [-0.39, 0.29) is 11.1 Å². The van der Waals surface area contributed by atoms with Crippen molar-refractivity contribution >= 4 is 5.82 Å². The fourth-order valence-electron chi connectivity index (χ4n) is 2.41. The molecule has 4 nitrogen and oxygen atoms in total. The van der Waals surface area contributed by atoms with E-state index < -0.39 is 0 Å². The van der Waals surface area contributed by atoms with E-state index in [1.54, 1.807) is 0 Å². The monoisotopic (exact) mass is 277 g/mol. The smallest absolute Gasteiger partial charge is 0.133 e. The van der Waals surface area contributed by atoms with Crippen LogP contribution in [0.1, 0.15) is 40.2 Å². The Labute approximate surface area is 122 Å². The maximum atomic E-state index is 5.79. The van der Waals surface area contributed by atoms with Crippen molar-refractivity contribution in [1.29, 1.82) is 0 Å². The molecule has 2 heterocycles. The van der Waals surface area contributed by atoms with Gasteiger partial charge in [-0.1, -0.05) is 6.07 Å². The molecule has 0 bridgehead atoms. The van der Waals surface area contributed by atoms with E-state index in [0.717, 1.165) is 32.1 Å². The minimum atomic E-state index is -0.107. The topological polar surface area (TPSA) is 37.4 Å². The Bertz CT molecular complexity index is 451. The summed E-state index contributed by atoms with van der Waals surface area (Å²) in [6.07, 6.45) is 1.87. The van der Waals surface area contributed by atoms with Crippen LogP contribution in [0.2, 0.25) is 0 Å². The number of aromatic nitrogens is 1. The predicted octanol–water partition coefficient (Wildman–Crippen LogP) is 2.58. The molecule has 1 aromatic rings. The first-order chi connectivity index (χ1) is 9.27. The third kappa shape index (κ3) is 4.18. The van der Waals surface area contributed by atoms with Crippen LogP contribution in [0.25, 0.3) is 0 Å². The average molecular weight is 277 g/mol. The van der Waals surface area contributed by atoms with Gasteiger partial charge in [0.2, 0.25) is 0 Å². The zero-order valence-electron chi connectivity index (χ0n) is 13.4. The molecule has 2 rings (SSSR count). The van der Waals surface area contributed by atoms with Crippen molar-refractivity contribution in [1.82, 2.24) is 10.3 Å². The maximum absolute atomic E-state index is 5.79. The molecule has 1 aromatic heterocycles. The minimum absolute atomic E-state index is 0.107. The molecule has 4 heteroatoms. The Morgan fingerprint density at radius 2 is 2.15 bits per heavy atom. The zero-order chi connectivity index (χ0) is 14.8. The molecule has 1 aliphatic rings. The summed E-state index contributed by atoms with van der Waals surface area (Å²) in [6, 6.07) is 4.16. The van der Waals surface area contributed by atoms with Crippen molar-refractivity contribution in [2.75, 3.05) is 24.6 Å². The molecule has 1 aliphatic heterocycles. The lowest BCUT2D eigenvalue weighted by atomic mass is 10.1. The highest BCUT2D eigenvalue weighted by Crippen LogP contribution is 2.24. The van der Waals surface area contributed by atoms with E-state index in [0.29, 0.717) is 0 Å². The van der Waals surface area contributed by atoms with Crippen LogP contribution in [-0.2, 0) is 11.3 Å². The molecule has 0 spiro atoms. The molecule has 0 aromatic carbocycles. The fourth-order valence-corrected chi connectivity index (χ4v) is 2.41. The van der Waals surface area contributed by atoms with Gasteiger partial charge in [0.25, 0.3) is 0 Å².